The molecule has 1 saturated heterocycles. The molecule has 0 radical (unpaired) electrons. The molecule has 3 rings (SSSR count). The minimum atomic E-state index is -0.367. The molecular formula is C14H16FN3O3. The van der Waals surface area contributed by atoms with Gasteiger partial charge in [0.25, 0.3) is 0 Å². The lowest BCUT2D eigenvalue weighted by Gasteiger charge is -2.39. The van der Waals surface area contributed by atoms with Gasteiger partial charge in [-0.2, -0.15) is 0 Å². The molecule has 3 amide bonds. The first-order valence-electron chi connectivity index (χ1n) is 6.68. The number of fused-ring (bicyclic) bond motifs is 1. The lowest BCUT2D eigenvalue weighted by atomic mass is 10.0. The molecule has 0 unspecified atom stereocenters. The second kappa shape index (κ2) is 5.00. The van der Waals surface area contributed by atoms with Gasteiger partial charge in [-0.3, -0.25) is 4.79 Å². The van der Waals surface area contributed by atoms with Gasteiger partial charge in [0.05, 0.1) is 25.3 Å². The molecule has 2 N–H and O–H groups in total. The predicted molar refractivity (Wildman–Crippen MR) is 73.2 cm³/mol. The number of amides is 3. The molecule has 2 heterocycles. The Hall–Kier alpha value is -2.15. The Morgan fingerprint density at radius 1 is 1.52 bits per heavy atom. The van der Waals surface area contributed by atoms with Crippen molar-refractivity contribution in [3.63, 3.8) is 0 Å². The molecule has 1 fully saturated rings. The third-order valence-corrected chi connectivity index (χ3v) is 3.57. The molecule has 1 aromatic rings. The first kappa shape index (κ1) is 13.8. The molecule has 0 atom stereocenters. The number of hydrogen-bond donors (Lipinski definition) is 2. The van der Waals surface area contributed by atoms with E-state index in [9.17, 15) is 14.0 Å². The number of ether oxygens (including phenoxy) is 1. The number of halogens is 1. The predicted octanol–water partition coefficient (Wildman–Crippen LogP) is 1.08. The number of nitrogens with one attached hydrogen (secondary N) is 2. The number of urea groups is 1. The van der Waals surface area contributed by atoms with E-state index < -0.39 is 0 Å². The van der Waals surface area contributed by atoms with Crippen LogP contribution in [-0.2, 0) is 16.1 Å². The summed E-state index contributed by atoms with van der Waals surface area (Å²) >= 11 is 0. The minimum absolute atomic E-state index is 0.0720. The highest BCUT2D eigenvalue weighted by molar-refractivity contribution is 5.94. The van der Waals surface area contributed by atoms with E-state index in [0.29, 0.717) is 24.5 Å². The summed E-state index contributed by atoms with van der Waals surface area (Å²) in [7, 11) is 0. The molecule has 7 heteroatoms. The van der Waals surface area contributed by atoms with Crippen LogP contribution >= 0.6 is 0 Å². The molecule has 2 aliphatic rings. The van der Waals surface area contributed by atoms with Crippen LogP contribution in [0.1, 0.15) is 12.5 Å². The summed E-state index contributed by atoms with van der Waals surface area (Å²) in [6, 6.07) is 3.81. The summed E-state index contributed by atoms with van der Waals surface area (Å²) in [5.74, 6) is -0.621. The first-order valence-corrected chi connectivity index (χ1v) is 6.68. The molecule has 6 nitrogen and oxygen atoms in total. The van der Waals surface area contributed by atoms with E-state index >= 15 is 0 Å². The maximum Gasteiger partial charge on any atom is 0.322 e. The normalized spacial score (nSPS) is 19.3. The van der Waals surface area contributed by atoms with Gasteiger partial charge in [0.1, 0.15) is 12.4 Å². The Labute approximate surface area is 121 Å². The fourth-order valence-corrected chi connectivity index (χ4v) is 2.44. The fourth-order valence-electron chi connectivity index (χ4n) is 2.44. The number of benzene rings is 1. The van der Waals surface area contributed by atoms with Gasteiger partial charge in [0.15, 0.2) is 0 Å². The van der Waals surface area contributed by atoms with Crippen LogP contribution in [0, 0.1) is 5.82 Å². The monoisotopic (exact) mass is 293 g/mol. The zero-order valence-electron chi connectivity index (χ0n) is 11.6. The lowest BCUT2D eigenvalue weighted by Crippen LogP contribution is -2.61. The molecule has 0 saturated carbocycles. The molecule has 0 aromatic heterocycles. The molecule has 112 valence electrons. The number of carbonyl (C=O) groups excluding carboxylic acids is 2. The smallest absolute Gasteiger partial charge is 0.322 e. The van der Waals surface area contributed by atoms with Crippen LogP contribution in [0.15, 0.2) is 18.2 Å². The Kier molecular flexibility index (Phi) is 3.29. The highest BCUT2D eigenvalue weighted by atomic mass is 19.1. The highest BCUT2D eigenvalue weighted by Gasteiger charge is 2.35. The highest BCUT2D eigenvalue weighted by Crippen LogP contribution is 2.24. The van der Waals surface area contributed by atoms with E-state index in [1.54, 1.807) is 0 Å². The second-order valence-electron chi connectivity index (χ2n) is 5.69. The van der Waals surface area contributed by atoms with Crippen LogP contribution in [-0.4, -0.2) is 42.1 Å². The number of anilines is 1. The van der Waals surface area contributed by atoms with Gasteiger partial charge < -0.3 is 20.3 Å². The molecule has 2 aliphatic heterocycles. The van der Waals surface area contributed by atoms with Crippen molar-refractivity contribution in [1.29, 1.82) is 0 Å². The van der Waals surface area contributed by atoms with E-state index in [4.69, 9.17) is 4.74 Å². The maximum atomic E-state index is 13.2. The van der Waals surface area contributed by atoms with E-state index in [1.807, 2.05) is 6.92 Å². The summed E-state index contributed by atoms with van der Waals surface area (Å²) in [6.07, 6.45) is 0. The first-order chi connectivity index (χ1) is 9.95. The largest absolute Gasteiger partial charge is 0.376 e. The minimum Gasteiger partial charge on any atom is -0.376 e. The van der Waals surface area contributed by atoms with Crippen LogP contribution < -0.4 is 10.6 Å². The fraction of sp³-hybridized carbons (Fsp3) is 0.429. The molecule has 1 aromatic carbocycles. The number of hydrogen-bond acceptors (Lipinski definition) is 3. The number of nitrogens with zero attached hydrogens (tertiary/aromatic N) is 1. The zero-order chi connectivity index (χ0) is 15.0. The molecule has 0 bridgehead atoms. The summed E-state index contributed by atoms with van der Waals surface area (Å²) < 4.78 is 18.3. The van der Waals surface area contributed by atoms with Gasteiger partial charge in [-0.05, 0) is 30.7 Å². The molecule has 0 spiro atoms. The van der Waals surface area contributed by atoms with Crippen molar-refractivity contribution in [3.8, 4) is 0 Å². The summed E-state index contributed by atoms with van der Waals surface area (Å²) in [4.78, 5) is 25.3. The van der Waals surface area contributed by atoms with Gasteiger partial charge in [0.2, 0.25) is 5.91 Å². The topological polar surface area (TPSA) is 70.7 Å². The SMILES string of the molecule is CC1(NC(=O)CN2Cc3cc(F)ccc3NC2=O)COC1. The summed E-state index contributed by atoms with van der Waals surface area (Å²) in [6.45, 7) is 2.96. The third kappa shape index (κ3) is 2.82. The van der Waals surface area contributed by atoms with Crippen molar-refractivity contribution in [2.45, 2.75) is 19.0 Å². The number of rotatable bonds is 3. The number of carbonyl (C=O) groups is 2. The third-order valence-electron chi connectivity index (χ3n) is 3.57. The van der Waals surface area contributed by atoms with Crippen molar-refractivity contribution in [1.82, 2.24) is 10.2 Å². The van der Waals surface area contributed by atoms with Crippen LogP contribution in [0.25, 0.3) is 0 Å². The van der Waals surface area contributed by atoms with Crippen LogP contribution in [0.3, 0.4) is 0 Å². The quantitative estimate of drug-likeness (QED) is 0.876. The van der Waals surface area contributed by atoms with Gasteiger partial charge in [-0.25, -0.2) is 9.18 Å². The van der Waals surface area contributed by atoms with Crippen molar-refractivity contribution >= 4 is 17.6 Å². The maximum absolute atomic E-state index is 13.2. The van der Waals surface area contributed by atoms with Gasteiger partial charge in [-0.15, -0.1) is 0 Å². The van der Waals surface area contributed by atoms with Crippen LogP contribution in [0.5, 0.6) is 0 Å². The van der Waals surface area contributed by atoms with Gasteiger partial charge in [0, 0.05) is 5.69 Å². The summed E-state index contributed by atoms with van der Waals surface area (Å²) in [5, 5.41) is 5.49. The van der Waals surface area contributed by atoms with E-state index in [-0.39, 0.29) is 36.4 Å². The Balaban J connectivity index is 1.66. The van der Waals surface area contributed by atoms with Crippen LogP contribution in [0.4, 0.5) is 14.9 Å². The zero-order valence-corrected chi connectivity index (χ0v) is 11.6. The van der Waals surface area contributed by atoms with E-state index in [2.05, 4.69) is 10.6 Å². The Morgan fingerprint density at radius 3 is 2.95 bits per heavy atom. The molecule has 0 aliphatic carbocycles. The van der Waals surface area contributed by atoms with Gasteiger partial charge in [-0.1, -0.05) is 0 Å². The molecule has 21 heavy (non-hydrogen) atoms. The van der Waals surface area contributed by atoms with E-state index in [0.717, 1.165) is 0 Å². The van der Waals surface area contributed by atoms with Crippen molar-refractivity contribution in [2.75, 3.05) is 25.1 Å². The van der Waals surface area contributed by atoms with Crippen molar-refractivity contribution in [3.05, 3.63) is 29.6 Å². The average Bonchev–Trinajstić information content (AvgIpc) is 2.38. The van der Waals surface area contributed by atoms with E-state index in [1.165, 1.54) is 23.1 Å². The second-order valence-corrected chi connectivity index (χ2v) is 5.69. The Morgan fingerprint density at radius 2 is 2.29 bits per heavy atom. The molecular weight excluding hydrogens is 277 g/mol. The van der Waals surface area contributed by atoms with Crippen LogP contribution in [0.2, 0.25) is 0 Å². The Bertz CT molecular complexity index is 601. The summed E-state index contributed by atoms with van der Waals surface area (Å²) in [5.41, 5.74) is 0.880. The standard InChI is InChI=1S/C14H16FN3O3/c1-14(7-21-8-14)17-12(19)6-18-5-9-4-10(15)2-3-11(9)16-13(18)20/h2-4H,5-8H2,1H3,(H,16,20)(H,17,19). The lowest BCUT2D eigenvalue weighted by molar-refractivity contribution is -0.131. The van der Waals surface area contributed by atoms with Crippen molar-refractivity contribution in [2.24, 2.45) is 0 Å². The van der Waals surface area contributed by atoms with Gasteiger partial charge >= 0.3 is 6.03 Å². The van der Waals surface area contributed by atoms with Crippen molar-refractivity contribution < 1.29 is 18.7 Å². The average molecular weight is 293 g/mol.